The predicted octanol–water partition coefficient (Wildman–Crippen LogP) is 1.01. The molecule has 2 unspecified atom stereocenters. The number of furan rings is 1. The van der Waals surface area contributed by atoms with Crippen molar-refractivity contribution in [2.24, 2.45) is 0 Å². The minimum Gasteiger partial charge on any atom is -0.465 e. The molecule has 0 aromatic carbocycles. The summed E-state index contributed by atoms with van der Waals surface area (Å²) in [6.07, 6.45) is 3.11. The summed E-state index contributed by atoms with van der Waals surface area (Å²) in [5.41, 5.74) is 6.30. The first-order valence-corrected chi connectivity index (χ1v) is 8.97. The summed E-state index contributed by atoms with van der Waals surface area (Å²) in [6.45, 7) is 3.97. The van der Waals surface area contributed by atoms with Gasteiger partial charge in [0.15, 0.2) is 5.82 Å². The standard InChI is InChI=1S/C17H22N6O2/c1-10-2-5-14(25-10)12-8-13(19-18-12)17(24)22-6-7-23-15(9-22)20-21-16(23)11-3-4-11/h2,5,11-13,18-19H,3-4,6-9H2,1H3. The molecule has 0 bridgehead atoms. The maximum absolute atomic E-state index is 12.9. The van der Waals surface area contributed by atoms with Gasteiger partial charge in [0, 0.05) is 19.0 Å². The van der Waals surface area contributed by atoms with Gasteiger partial charge in [0.1, 0.15) is 23.4 Å². The number of hydrogen-bond donors (Lipinski definition) is 2. The summed E-state index contributed by atoms with van der Waals surface area (Å²) < 4.78 is 7.87. The van der Waals surface area contributed by atoms with Crippen LogP contribution in [0.15, 0.2) is 16.5 Å². The number of amides is 1. The Labute approximate surface area is 145 Å². The Kier molecular flexibility index (Phi) is 3.42. The molecule has 1 saturated heterocycles. The number of carbonyl (C=O) groups is 1. The normalized spacial score (nSPS) is 26.0. The summed E-state index contributed by atoms with van der Waals surface area (Å²) in [5.74, 6) is 4.46. The Hall–Kier alpha value is -2.19. The molecule has 1 aliphatic carbocycles. The maximum Gasteiger partial charge on any atom is 0.241 e. The second kappa shape index (κ2) is 5.67. The number of nitrogens with zero attached hydrogens (tertiary/aromatic N) is 4. The molecular weight excluding hydrogens is 320 g/mol. The highest BCUT2D eigenvalue weighted by Gasteiger charge is 2.37. The van der Waals surface area contributed by atoms with Crippen LogP contribution in [0.1, 0.15) is 54.4 Å². The van der Waals surface area contributed by atoms with Gasteiger partial charge in [-0.25, -0.2) is 10.9 Å². The number of rotatable bonds is 3. The van der Waals surface area contributed by atoms with Crippen molar-refractivity contribution in [3.8, 4) is 0 Å². The molecule has 1 saturated carbocycles. The third-order valence-electron chi connectivity index (χ3n) is 5.34. The molecule has 2 aromatic rings. The van der Waals surface area contributed by atoms with Crippen LogP contribution in [0.25, 0.3) is 0 Å². The number of nitrogens with one attached hydrogen (secondary N) is 2. The van der Waals surface area contributed by atoms with Crippen molar-refractivity contribution in [1.82, 2.24) is 30.5 Å². The molecule has 2 aliphatic heterocycles. The lowest BCUT2D eigenvalue weighted by Gasteiger charge is -2.29. The van der Waals surface area contributed by atoms with E-state index in [1.165, 1.54) is 12.8 Å². The summed E-state index contributed by atoms with van der Waals surface area (Å²) in [6, 6.07) is 3.69. The Morgan fingerprint density at radius 2 is 2.12 bits per heavy atom. The van der Waals surface area contributed by atoms with Crippen LogP contribution in [-0.2, 0) is 17.9 Å². The second-order valence-electron chi connectivity index (χ2n) is 7.24. The fourth-order valence-electron chi connectivity index (χ4n) is 3.78. The quantitative estimate of drug-likeness (QED) is 0.865. The van der Waals surface area contributed by atoms with Crippen molar-refractivity contribution in [3.05, 3.63) is 35.3 Å². The zero-order chi connectivity index (χ0) is 17.0. The molecule has 8 heteroatoms. The van der Waals surface area contributed by atoms with Crippen LogP contribution in [0.5, 0.6) is 0 Å². The van der Waals surface area contributed by atoms with E-state index in [9.17, 15) is 4.79 Å². The molecule has 0 radical (unpaired) electrons. The SMILES string of the molecule is Cc1ccc(C2CC(C(=O)N3CCn4c(nnc4C4CC4)C3)NN2)o1. The van der Waals surface area contributed by atoms with Crippen LogP contribution in [-0.4, -0.2) is 38.2 Å². The van der Waals surface area contributed by atoms with Gasteiger partial charge in [-0.05, 0) is 38.3 Å². The lowest BCUT2D eigenvalue weighted by atomic mass is 10.1. The van der Waals surface area contributed by atoms with Crippen LogP contribution in [0, 0.1) is 6.92 Å². The van der Waals surface area contributed by atoms with Crippen LogP contribution in [0.2, 0.25) is 0 Å². The first kappa shape index (κ1) is 15.1. The topological polar surface area (TPSA) is 88.2 Å². The van der Waals surface area contributed by atoms with Gasteiger partial charge in [-0.1, -0.05) is 0 Å². The van der Waals surface area contributed by atoms with Gasteiger partial charge < -0.3 is 13.9 Å². The Balaban J connectivity index is 1.26. The zero-order valence-electron chi connectivity index (χ0n) is 14.2. The van der Waals surface area contributed by atoms with E-state index in [0.717, 1.165) is 29.7 Å². The first-order chi connectivity index (χ1) is 12.2. The number of aromatic nitrogens is 3. The number of hydrazine groups is 1. The van der Waals surface area contributed by atoms with Crippen LogP contribution in [0.3, 0.4) is 0 Å². The molecule has 8 nitrogen and oxygen atoms in total. The Morgan fingerprint density at radius 3 is 2.88 bits per heavy atom. The minimum atomic E-state index is -0.243. The molecule has 132 valence electrons. The molecule has 0 spiro atoms. The van der Waals surface area contributed by atoms with E-state index < -0.39 is 0 Å². The average molecular weight is 342 g/mol. The summed E-state index contributed by atoms with van der Waals surface area (Å²) >= 11 is 0. The van der Waals surface area contributed by atoms with Crippen LogP contribution in [0.4, 0.5) is 0 Å². The molecule has 3 aliphatic rings. The molecule has 2 atom stereocenters. The van der Waals surface area contributed by atoms with Crippen molar-refractivity contribution < 1.29 is 9.21 Å². The molecule has 4 heterocycles. The molecule has 25 heavy (non-hydrogen) atoms. The largest absolute Gasteiger partial charge is 0.465 e. The molecule has 2 aromatic heterocycles. The predicted molar refractivity (Wildman–Crippen MR) is 88.3 cm³/mol. The summed E-state index contributed by atoms with van der Waals surface area (Å²) in [5, 5.41) is 8.65. The fourth-order valence-corrected chi connectivity index (χ4v) is 3.78. The van der Waals surface area contributed by atoms with Gasteiger partial charge in [0.05, 0.1) is 12.6 Å². The van der Waals surface area contributed by atoms with Crippen molar-refractivity contribution in [1.29, 1.82) is 0 Å². The lowest BCUT2D eigenvalue weighted by molar-refractivity contribution is -0.134. The van der Waals surface area contributed by atoms with E-state index in [2.05, 4.69) is 25.6 Å². The molecule has 5 rings (SSSR count). The maximum atomic E-state index is 12.9. The number of carbonyl (C=O) groups excluding carboxylic acids is 1. The van der Waals surface area contributed by atoms with E-state index in [-0.39, 0.29) is 18.0 Å². The van der Waals surface area contributed by atoms with Crippen molar-refractivity contribution >= 4 is 5.91 Å². The molecular formula is C17H22N6O2. The second-order valence-corrected chi connectivity index (χ2v) is 7.24. The zero-order valence-corrected chi connectivity index (χ0v) is 14.2. The van der Waals surface area contributed by atoms with Gasteiger partial charge in [0.2, 0.25) is 5.91 Å². The molecule has 2 fully saturated rings. The highest BCUT2D eigenvalue weighted by Crippen LogP contribution is 2.39. The number of hydrogen-bond acceptors (Lipinski definition) is 6. The van der Waals surface area contributed by atoms with Gasteiger partial charge >= 0.3 is 0 Å². The van der Waals surface area contributed by atoms with E-state index in [4.69, 9.17) is 4.42 Å². The number of aryl methyl sites for hydroxylation is 1. The van der Waals surface area contributed by atoms with E-state index in [1.807, 2.05) is 24.0 Å². The van der Waals surface area contributed by atoms with E-state index in [0.29, 0.717) is 25.4 Å². The van der Waals surface area contributed by atoms with Gasteiger partial charge in [0.25, 0.3) is 0 Å². The lowest BCUT2D eigenvalue weighted by Crippen LogP contribution is -2.48. The monoisotopic (exact) mass is 342 g/mol. The van der Waals surface area contributed by atoms with Crippen LogP contribution < -0.4 is 10.9 Å². The van der Waals surface area contributed by atoms with Crippen LogP contribution >= 0.6 is 0 Å². The fraction of sp³-hybridized carbons (Fsp3) is 0.588. The third-order valence-corrected chi connectivity index (χ3v) is 5.34. The minimum absolute atomic E-state index is 0.0255. The highest BCUT2D eigenvalue weighted by molar-refractivity contribution is 5.82. The molecule has 1 amide bonds. The van der Waals surface area contributed by atoms with Crippen molar-refractivity contribution in [3.63, 3.8) is 0 Å². The first-order valence-electron chi connectivity index (χ1n) is 8.97. The van der Waals surface area contributed by atoms with E-state index in [1.54, 1.807) is 0 Å². The summed E-state index contributed by atoms with van der Waals surface area (Å²) in [7, 11) is 0. The van der Waals surface area contributed by atoms with Gasteiger partial charge in [-0.3, -0.25) is 4.79 Å². The third kappa shape index (κ3) is 2.65. The highest BCUT2D eigenvalue weighted by atomic mass is 16.3. The van der Waals surface area contributed by atoms with Gasteiger partial charge in [-0.2, -0.15) is 0 Å². The Morgan fingerprint density at radius 1 is 1.24 bits per heavy atom. The van der Waals surface area contributed by atoms with Crippen molar-refractivity contribution in [2.45, 2.75) is 57.3 Å². The summed E-state index contributed by atoms with van der Waals surface area (Å²) in [4.78, 5) is 14.8. The average Bonchev–Trinajstić information content (AvgIpc) is 3.02. The Bertz CT molecular complexity index is 808. The van der Waals surface area contributed by atoms with Gasteiger partial charge in [-0.15, -0.1) is 10.2 Å². The van der Waals surface area contributed by atoms with E-state index >= 15 is 0 Å². The molecule has 2 N–H and O–H groups in total. The number of fused-ring (bicyclic) bond motifs is 1. The van der Waals surface area contributed by atoms with Crippen molar-refractivity contribution in [2.75, 3.05) is 6.54 Å². The smallest absolute Gasteiger partial charge is 0.241 e.